The van der Waals surface area contributed by atoms with E-state index in [1.54, 1.807) is 12.4 Å². The molecule has 0 bridgehead atoms. The fraction of sp³-hybridized carbons (Fsp3) is 0. The van der Waals surface area contributed by atoms with Gasteiger partial charge in [0, 0.05) is 23.3 Å². The first-order valence-electron chi connectivity index (χ1n) is 7.08. The Morgan fingerprint density at radius 1 is 1.00 bits per heavy atom. The van der Waals surface area contributed by atoms with Crippen molar-refractivity contribution in [3.63, 3.8) is 0 Å². The molecule has 0 aliphatic rings. The van der Waals surface area contributed by atoms with Crippen LogP contribution in [0.4, 0.5) is 0 Å². The van der Waals surface area contributed by atoms with Crippen LogP contribution in [0.3, 0.4) is 0 Å². The molecule has 4 nitrogen and oxygen atoms in total. The van der Waals surface area contributed by atoms with Crippen LogP contribution >= 0.6 is 11.3 Å². The Balaban J connectivity index is 2.06. The van der Waals surface area contributed by atoms with Crippen molar-refractivity contribution >= 4 is 21.6 Å². The Kier molecular flexibility index (Phi) is 3.20. The van der Waals surface area contributed by atoms with Crippen molar-refractivity contribution in [1.29, 1.82) is 0 Å². The van der Waals surface area contributed by atoms with Gasteiger partial charge in [0.05, 0.1) is 10.9 Å². The number of nitrogens with zero attached hydrogens (tertiary/aromatic N) is 1. The molecular weight excluding hydrogens is 308 g/mol. The third kappa shape index (κ3) is 2.22. The molecule has 0 saturated heterocycles. The molecule has 4 aromatic rings. The molecule has 3 heterocycles. The quantitative estimate of drug-likeness (QED) is 0.586. The number of aromatic amines is 1. The molecule has 0 fully saturated rings. The summed E-state index contributed by atoms with van der Waals surface area (Å²) in [4.78, 5) is 19.9. The summed E-state index contributed by atoms with van der Waals surface area (Å²) < 4.78 is 0. The van der Waals surface area contributed by atoms with E-state index in [2.05, 4.69) is 9.97 Å². The Bertz CT molecular complexity index is 1040. The lowest BCUT2D eigenvalue weighted by Crippen LogP contribution is -2.08. The highest BCUT2D eigenvalue weighted by Gasteiger charge is 2.18. The van der Waals surface area contributed by atoms with Crippen molar-refractivity contribution < 1.29 is 5.11 Å². The van der Waals surface area contributed by atoms with Gasteiger partial charge in [0.2, 0.25) is 0 Å². The van der Waals surface area contributed by atoms with Gasteiger partial charge in [0.15, 0.2) is 0 Å². The number of aromatic nitrogens is 2. The lowest BCUT2D eigenvalue weighted by atomic mass is 10.0. The molecule has 1 aromatic carbocycles. The molecule has 0 aliphatic heterocycles. The van der Waals surface area contributed by atoms with E-state index >= 15 is 0 Å². The topological polar surface area (TPSA) is 66.0 Å². The van der Waals surface area contributed by atoms with Crippen LogP contribution in [0.15, 0.2) is 65.0 Å². The van der Waals surface area contributed by atoms with Crippen molar-refractivity contribution in [3.8, 4) is 28.0 Å². The number of aromatic hydroxyl groups is 1. The van der Waals surface area contributed by atoms with Crippen LogP contribution in [0.2, 0.25) is 0 Å². The zero-order chi connectivity index (χ0) is 15.8. The normalized spacial score (nSPS) is 11.0. The highest BCUT2D eigenvalue weighted by molar-refractivity contribution is 7.17. The van der Waals surface area contributed by atoms with Crippen molar-refractivity contribution in [2.24, 2.45) is 0 Å². The largest absolute Gasteiger partial charge is 0.506 e. The van der Waals surface area contributed by atoms with Crippen molar-refractivity contribution in [1.82, 2.24) is 9.97 Å². The summed E-state index contributed by atoms with van der Waals surface area (Å²) >= 11 is 1.41. The van der Waals surface area contributed by atoms with Crippen LogP contribution in [0, 0.1) is 0 Å². The van der Waals surface area contributed by atoms with Crippen molar-refractivity contribution in [2.45, 2.75) is 0 Å². The molecule has 0 saturated carbocycles. The van der Waals surface area contributed by atoms with E-state index in [4.69, 9.17) is 0 Å². The molecule has 0 spiro atoms. The number of hydrogen-bond donors (Lipinski definition) is 2. The zero-order valence-corrected chi connectivity index (χ0v) is 12.8. The molecule has 0 radical (unpaired) electrons. The predicted octanol–water partition coefficient (Wildman–Crippen LogP) is 4.02. The average molecular weight is 320 g/mol. The SMILES string of the molecule is O=c1[nH]c2scc(-c3ccncc3)c2c(O)c1-c1ccccc1. The Morgan fingerprint density at radius 2 is 1.74 bits per heavy atom. The highest BCUT2D eigenvalue weighted by Crippen LogP contribution is 2.41. The summed E-state index contributed by atoms with van der Waals surface area (Å²) in [5.41, 5.74) is 2.54. The molecule has 23 heavy (non-hydrogen) atoms. The van der Waals surface area contributed by atoms with Gasteiger partial charge in [-0.05, 0) is 23.3 Å². The second-order valence-corrected chi connectivity index (χ2v) is 6.01. The van der Waals surface area contributed by atoms with E-state index in [1.807, 2.05) is 47.8 Å². The van der Waals surface area contributed by atoms with Crippen molar-refractivity contribution in [2.75, 3.05) is 0 Å². The minimum absolute atomic E-state index is 0.0167. The Morgan fingerprint density at radius 3 is 2.48 bits per heavy atom. The Hall–Kier alpha value is -2.92. The third-order valence-electron chi connectivity index (χ3n) is 3.77. The summed E-state index contributed by atoms with van der Waals surface area (Å²) in [6, 6.07) is 13.0. The van der Waals surface area contributed by atoms with Crippen LogP contribution in [0.1, 0.15) is 0 Å². The number of nitrogens with one attached hydrogen (secondary N) is 1. The first-order valence-corrected chi connectivity index (χ1v) is 7.96. The maximum absolute atomic E-state index is 12.4. The molecule has 5 heteroatoms. The lowest BCUT2D eigenvalue weighted by molar-refractivity contribution is 0.483. The first-order chi connectivity index (χ1) is 11.3. The van der Waals surface area contributed by atoms with E-state index in [0.29, 0.717) is 21.3 Å². The van der Waals surface area contributed by atoms with Crippen LogP contribution in [-0.4, -0.2) is 15.1 Å². The van der Waals surface area contributed by atoms with Crippen LogP contribution < -0.4 is 5.56 Å². The second-order valence-electron chi connectivity index (χ2n) is 5.13. The summed E-state index contributed by atoms with van der Waals surface area (Å²) in [6.07, 6.45) is 3.42. The fourth-order valence-corrected chi connectivity index (χ4v) is 3.67. The van der Waals surface area contributed by atoms with E-state index in [9.17, 15) is 9.90 Å². The van der Waals surface area contributed by atoms with Gasteiger partial charge < -0.3 is 10.1 Å². The number of thiophene rings is 1. The number of benzene rings is 1. The van der Waals surface area contributed by atoms with Crippen molar-refractivity contribution in [3.05, 3.63) is 70.6 Å². The van der Waals surface area contributed by atoms with Crippen LogP contribution in [0.25, 0.3) is 32.5 Å². The number of fused-ring (bicyclic) bond motifs is 1. The molecule has 2 N–H and O–H groups in total. The maximum atomic E-state index is 12.4. The smallest absolute Gasteiger partial charge is 0.260 e. The van der Waals surface area contributed by atoms with Gasteiger partial charge in [-0.25, -0.2) is 0 Å². The molecule has 0 amide bonds. The summed E-state index contributed by atoms with van der Waals surface area (Å²) in [5.74, 6) is 0.0167. The Labute approximate surface area is 135 Å². The van der Waals surface area contributed by atoms with E-state index in [0.717, 1.165) is 11.1 Å². The van der Waals surface area contributed by atoms with E-state index in [1.165, 1.54) is 11.3 Å². The van der Waals surface area contributed by atoms with Gasteiger partial charge in [-0.1, -0.05) is 30.3 Å². The monoisotopic (exact) mass is 320 g/mol. The van der Waals surface area contributed by atoms with Crippen LogP contribution in [0.5, 0.6) is 5.75 Å². The first kappa shape index (κ1) is 13.7. The maximum Gasteiger partial charge on any atom is 0.260 e. The number of rotatable bonds is 2. The van der Waals surface area contributed by atoms with Gasteiger partial charge in [0.25, 0.3) is 5.56 Å². The molecule has 3 aromatic heterocycles. The van der Waals surface area contributed by atoms with Gasteiger partial charge >= 0.3 is 0 Å². The minimum atomic E-state index is -0.288. The molecule has 112 valence electrons. The molecule has 0 atom stereocenters. The summed E-state index contributed by atoms with van der Waals surface area (Å²) in [7, 11) is 0. The number of pyridine rings is 2. The third-order valence-corrected chi connectivity index (χ3v) is 4.67. The minimum Gasteiger partial charge on any atom is -0.506 e. The van der Waals surface area contributed by atoms with Gasteiger partial charge in [-0.3, -0.25) is 9.78 Å². The highest BCUT2D eigenvalue weighted by atomic mass is 32.1. The molecule has 0 aliphatic carbocycles. The zero-order valence-electron chi connectivity index (χ0n) is 12.0. The van der Waals surface area contributed by atoms with Crippen LogP contribution in [-0.2, 0) is 0 Å². The molecule has 0 unspecified atom stereocenters. The second kappa shape index (κ2) is 5.37. The fourth-order valence-electron chi connectivity index (χ4n) is 2.70. The van der Waals surface area contributed by atoms with Gasteiger partial charge in [-0.2, -0.15) is 0 Å². The average Bonchev–Trinajstić information content (AvgIpc) is 3.00. The summed E-state index contributed by atoms with van der Waals surface area (Å²) in [5, 5.41) is 13.4. The van der Waals surface area contributed by atoms with Gasteiger partial charge in [0.1, 0.15) is 10.6 Å². The summed E-state index contributed by atoms with van der Waals surface area (Å²) in [6.45, 7) is 0. The number of hydrogen-bond acceptors (Lipinski definition) is 4. The number of H-pyrrole nitrogens is 1. The lowest BCUT2D eigenvalue weighted by Gasteiger charge is -2.07. The standard InChI is InChI=1S/C18H12N2O2S/c21-16-14(12-4-2-1-3-5-12)17(22)20-18-15(16)13(10-23-18)11-6-8-19-9-7-11/h1-10H,(H2,20,21,22). The van der Waals surface area contributed by atoms with E-state index < -0.39 is 0 Å². The van der Waals surface area contributed by atoms with E-state index in [-0.39, 0.29) is 11.3 Å². The predicted molar refractivity (Wildman–Crippen MR) is 92.8 cm³/mol. The molecular formula is C18H12N2O2S. The van der Waals surface area contributed by atoms with Gasteiger partial charge in [-0.15, -0.1) is 11.3 Å². The molecule has 4 rings (SSSR count).